The van der Waals surface area contributed by atoms with Crippen molar-refractivity contribution in [2.75, 3.05) is 11.4 Å². The minimum atomic E-state index is -0.456. The molecule has 19 heavy (non-hydrogen) atoms. The highest BCUT2D eigenvalue weighted by Gasteiger charge is 2.33. The number of anilines is 1. The van der Waals surface area contributed by atoms with Gasteiger partial charge in [0.15, 0.2) is 6.10 Å². The Bertz CT molecular complexity index is 491. The Kier molecular flexibility index (Phi) is 3.54. The Morgan fingerprint density at radius 2 is 2.11 bits per heavy atom. The molecule has 0 aliphatic carbocycles. The summed E-state index contributed by atoms with van der Waals surface area (Å²) in [6, 6.07) is 5.99. The molecule has 0 saturated heterocycles. The van der Waals surface area contributed by atoms with Gasteiger partial charge < -0.3 is 15.4 Å². The molecule has 0 saturated carbocycles. The van der Waals surface area contributed by atoms with E-state index >= 15 is 0 Å². The van der Waals surface area contributed by atoms with Crippen molar-refractivity contribution in [3.8, 4) is 5.75 Å². The van der Waals surface area contributed by atoms with E-state index in [9.17, 15) is 4.79 Å². The van der Waals surface area contributed by atoms with Crippen LogP contribution in [-0.4, -0.2) is 24.1 Å². The van der Waals surface area contributed by atoms with E-state index in [0.717, 1.165) is 17.9 Å². The number of fused-ring (bicyclic) bond motifs is 1. The molecule has 2 rings (SSSR count). The van der Waals surface area contributed by atoms with Crippen LogP contribution < -0.4 is 15.4 Å². The van der Waals surface area contributed by atoms with Crippen molar-refractivity contribution >= 4 is 11.6 Å². The van der Waals surface area contributed by atoms with Gasteiger partial charge in [-0.15, -0.1) is 0 Å². The molecule has 1 aliphatic rings. The molecule has 1 heterocycles. The molecular weight excluding hydrogens is 240 g/mol. The van der Waals surface area contributed by atoms with Crippen molar-refractivity contribution in [3.63, 3.8) is 0 Å². The molecule has 2 N–H and O–H groups in total. The van der Waals surface area contributed by atoms with E-state index in [4.69, 9.17) is 10.5 Å². The Morgan fingerprint density at radius 1 is 1.42 bits per heavy atom. The lowest BCUT2D eigenvalue weighted by atomic mass is 10.0. The van der Waals surface area contributed by atoms with E-state index in [2.05, 4.69) is 6.92 Å². The second-order valence-corrected chi connectivity index (χ2v) is 5.83. The van der Waals surface area contributed by atoms with Gasteiger partial charge in [-0.05, 0) is 44.9 Å². The van der Waals surface area contributed by atoms with Gasteiger partial charge in [-0.2, -0.15) is 0 Å². The number of amides is 1. The van der Waals surface area contributed by atoms with Gasteiger partial charge >= 0.3 is 0 Å². The maximum atomic E-state index is 12.3. The average molecular weight is 262 g/mol. The monoisotopic (exact) mass is 262 g/mol. The summed E-state index contributed by atoms with van der Waals surface area (Å²) in [7, 11) is 0. The fourth-order valence-corrected chi connectivity index (χ4v) is 2.24. The van der Waals surface area contributed by atoms with E-state index in [1.165, 1.54) is 5.56 Å². The molecule has 104 valence electrons. The maximum Gasteiger partial charge on any atom is 0.267 e. The van der Waals surface area contributed by atoms with Crippen molar-refractivity contribution in [2.24, 2.45) is 5.73 Å². The number of carbonyl (C=O) groups excluding carboxylic acids is 1. The number of nitrogens with two attached hydrogens (primary N) is 1. The van der Waals surface area contributed by atoms with Gasteiger partial charge in [0.05, 0.1) is 5.69 Å². The summed E-state index contributed by atoms with van der Waals surface area (Å²) in [5.41, 5.74) is 7.65. The zero-order valence-corrected chi connectivity index (χ0v) is 12.1. The molecule has 4 heteroatoms. The van der Waals surface area contributed by atoms with Gasteiger partial charge in [0.25, 0.3) is 5.91 Å². The Balaban J connectivity index is 2.44. The van der Waals surface area contributed by atoms with Gasteiger partial charge in [-0.1, -0.05) is 13.0 Å². The standard InChI is InChI=1S/C15H22N2O2/c1-5-11-6-7-13-12(8-11)17(9-15(3,4)16)14(18)10(2)19-13/h6-8,10H,5,9,16H2,1-4H3. The molecule has 0 spiro atoms. The lowest BCUT2D eigenvalue weighted by molar-refractivity contribution is -0.125. The molecular formula is C15H22N2O2. The first-order chi connectivity index (χ1) is 8.81. The highest BCUT2D eigenvalue weighted by atomic mass is 16.5. The summed E-state index contributed by atoms with van der Waals surface area (Å²) in [6.07, 6.45) is 0.471. The number of benzene rings is 1. The van der Waals surface area contributed by atoms with Crippen LogP contribution in [0.4, 0.5) is 5.69 Å². The van der Waals surface area contributed by atoms with Crippen molar-refractivity contribution in [2.45, 2.75) is 45.8 Å². The number of hydrogen-bond donors (Lipinski definition) is 1. The molecule has 0 radical (unpaired) electrons. The van der Waals surface area contributed by atoms with Gasteiger partial charge in [0.1, 0.15) is 5.75 Å². The van der Waals surface area contributed by atoms with Crippen molar-refractivity contribution in [1.29, 1.82) is 0 Å². The smallest absolute Gasteiger partial charge is 0.267 e. The number of carbonyl (C=O) groups is 1. The van der Waals surface area contributed by atoms with Crippen LogP contribution in [-0.2, 0) is 11.2 Å². The minimum Gasteiger partial charge on any atom is -0.479 e. The molecule has 1 aliphatic heterocycles. The normalized spacial score (nSPS) is 19.1. The topological polar surface area (TPSA) is 55.6 Å². The van der Waals surface area contributed by atoms with Gasteiger partial charge in [-0.25, -0.2) is 0 Å². The van der Waals surface area contributed by atoms with E-state index in [0.29, 0.717) is 6.54 Å². The first-order valence-electron chi connectivity index (χ1n) is 6.71. The fraction of sp³-hybridized carbons (Fsp3) is 0.533. The van der Waals surface area contributed by atoms with Crippen LogP contribution in [0, 0.1) is 0 Å². The Hall–Kier alpha value is -1.55. The van der Waals surface area contributed by atoms with Crippen molar-refractivity contribution < 1.29 is 9.53 Å². The number of ether oxygens (including phenoxy) is 1. The van der Waals surface area contributed by atoms with Crippen molar-refractivity contribution in [1.82, 2.24) is 0 Å². The molecule has 1 amide bonds. The third kappa shape index (κ3) is 2.89. The van der Waals surface area contributed by atoms with Crippen LogP contribution in [0.25, 0.3) is 0 Å². The molecule has 0 bridgehead atoms. The lowest BCUT2D eigenvalue weighted by Gasteiger charge is -2.36. The van der Waals surface area contributed by atoms with Gasteiger partial charge in [0.2, 0.25) is 0 Å². The summed E-state index contributed by atoms with van der Waals surface area (Å²) in [5.74, 6) is 0.729. The van der Waals surface area contributed by atoms with Crippen LogP contribution in [0.5, 0.6) is 5.75 Å². The van der Waals surface area contributed by atoms with Gasteiger partial charge in [0, 0.05) is 12.1 Å². The second-order valence-electron chi connectivity index (χ2n) is 5.83. The zero-order valence-electron chi connectivity index (χ0n) is 12.1. The first kappa shape index (κ1) is 13.9. The summed E-state index contributed by atoms with van der Waals surface area (Å²) >= 11 is 0. The molecule has 1 aromatic carbocycles. The third-order valence-corrected chi connectivity index (χ3v) is 3.21. The zero-order chi connectivity index (χ0) is 14.2. The van der Waals surface area contributed by atoms with Crippen LogP contribution >= 0.6 is 0 Å². The van der Waals surface area contributed by atoms with Gasteiger partial charge in [-0.3, -0.25) is 4.79 Å². The highest BCUT2D eigenvalue weighted by Crippen LogP contribution is 2.35. The number of rotatable bonds is 3. The summed E-state index contributed by atoms with van der Waals surface area (Å²) in [4.78, 5) is 14.1. The van der Waals surface area contributed by atoms with E-state index in [-0.39, 0.29) is 5.91 Å². The Morgan fingerprint density at radius 3 is 2.68 bits per heavy atom. The lowest BCUT2D eigenvalue weighted by Crippen LogP contribution is -2.53. The second kappa shape index (κ2) is 4.85. The third-order valence-electron chi connectivity index (χ3n) is 3.21. The molecule has 1 aromatic rings. The molecule has 4 nitrogen and oxygen atoms in total. The van der Waals surface area contributed by atoms with E-state index < -0.39 is 11.6 Å². The fourth-order valence-electron chi connectivity index (χ4n) is 2.24. The average Bonchev–Trinajstić information content (AvgIpc) is 2.33. The number of nitrogens with zero attached hydrogens (tertiary/aromatic N) is 1. The predicted molar refractivity (Wildman–Crippen MR) is 76.5 cm³/mol. The summed E-state index contributed by atoms with van der Waals surface area (Å²) in [6.45, 7) is 8.19. The van der Waals surface area contributed by atoms with Crippen molar-refractivity contribution in [3.05, 3.63) is 23.8 Å². The van der Waals surface area contributed by atoms with E-state index in [1.807, 2.05) is 32.0 Å². The van der Waals surface area contributed by atoms with Crippen LogP contribution in [0.3, 0.4) is 0 Å². The van der Waals surface area contributed by atoms with Crippen LogP contribution in [0.2, 0.25) is 0 Å². The summed E-state index contributed by atoms with van der Waals surface area (Å²) < 4.78 is 5.66. The van der Waals surface area contributed by atoms with Crippen LogP contribution in [0.1, 0.15) is 33.3 Å². The summed E-state index contributed by atoms with van der Waals surface area (Å²) in [5, 5.41) is 0. The number of aryl methyl sites for hydroxylation is 1. The Labute approximate surface area is 114 Å². The largest absolute Gasteiger partial charge is 0.479 e. The first-order valence-corrected chi connectivity index (χ1v) is 6.71. The highest BCUT2D eigenvalue weighted by molar-refractivity contribution is 6.00. The van der Waals surface area contributed by atoms with Crippen LogP contribution in [0.15, 0.2) is 18.2 Å². The quantitative estimate of drug-likeness (QED) is 0.907. The maximum absolute atomic E-state index is 12.3. The molecule has 1 unspecified atom stereocenters. The molecule has 0 fully saturated rings. The molecule has 1 atom stereocenters. The minimum absolute atomic E-state index is 0.0284. The predicted octanol–water partition coefficient (Wildman–Crippen LogP) is 2.10. The number of hydrogen-bond acceptors (Lipinski definition) is 3. The molecule has 0 aromatic heterocycles. The van der Waals surface area contributed by atoms with E-state index in [1.54, 1.807) is 11.8 Å². The SMILES string of the molecule is CCc1ccc2c(c1)N(CC(C)(C)N)C(=O)C(C)O2.